The van der Waals surface area contributed by atoms with Gasteiger partial charge < -0.3 is 4.74 Å². The van der Waals surface area contributed by atoms with Crippen molar-refractivity contribution in [1.82, 2.24) is 0 Å². The molecule has 0 atom stereocenters. The van der Waals surface area contributed by atoms with Gasteiger partial charge in [0.2, 0.25) is 0 Å². The Labute approximate surface area is 161 Å². The van der Waals surface area contributed by atoms with Gasteiger partial charge in [0.05, 0.1) is 21.9 Å². The molecule has 0 unspecified atom stereocenters. The second-order valence-corrected chi connectivity index (χ2v) is 6.30. The molecule has 0 spiro atoms. The van der Waals surface area contributed by atoms with Crippen molar-refractivity contribution in [3.8, 4) is 5.75 Å². The lowest BCUT2D eigenvalue weighted by Crippen LogP contribution is -1.96. The molecule has 6 heteroatoms. The molecule has 0 saturated heterocycles. The molecule has 0 amide bonds. The third-order valence-corrected chi connectivity index (χ3v) is 4.24. The molecule has 0 aromatic heterocycles. The lowest BCUT2D eigenvalue weighted by Gasteiger charge is -2.07. The summed E-state index contributed by atoms with van der Waals surface area (Å²) in [5, 5.41) is 5.13. The average molecular weight is 389 g/mol. The summed E-state index contributed by atoms with van der Waals surface area (Å²) in [6, 6.07) is 18.9. The van der Waals surface area contributed by atoms with Crippen LogP contribution in [0.4, 0.5) is 10.1 Å². The molecule has 0 heterocycles. The maximum atomic E-state index is 12.9. The molecule has 0 bridgehead atoms. The molecule has 3 rings (SSSR count). The van der Waals surface area contributed by atoms with Crippen LogP contribution < -0.4 is 10.2 Å². The standard InChI is InChI=1S/C20H15Cl2FN2O/c21-19-9-8-17(11-20(19)22)25-24-12-15-2-1-3-18(10-15)26-13-14-4-6-16(23)7-5-14/h1-12,25H,13H2. The van der Waals surface area contributed by atoms with Crippen LogP contribution in [0.25, 0.3) is 0 Å². The number of anilines is 1. The van der Waals surface area contributed by atoms with Crippen molar-refractivity contribution in [3.63, 3.8) is 0 Å². The van der Waals surface area contributed by atoms with E-state index in [0.29, 0.717) is 22.4 Å². The second-order valence-electron chi connectivity index (χ2n) is 5.49. The maximum Gasteiger partial charge on any atom is 0.123 e. The number of halogens is 3. The monoisotopic (exact) mass is 388 g/mol. The zero-order valence-electron chi connectivity index (χ0n) is 13.6. The number of hydrazone groups is 1. The minimum absolute atomic E-state index is 0.263. The lowest BCUT2D eigenvalue weighted by atomic mass is 10.2. The van der Waals surface area contributed by atoms with Gasteiger partial charge in [0.15, 0.2) is 0 Å². The first-order valence-corrected chi connectivity index (χ1v) is 8.57. The first-order chi connectivity index (χ1) is 12.6. The predicted octanol–water partition coefficient (Wildman–Crippen LogP) is 6.16. The van der Waals surface area contributed by atoms with Crippen LogP contribution >= 0.6 is 23.2 Å². The van der Waals surface area contributed by atoms with E-state index >= 15 is 0 Å². The van der Waals surface area contributed by atoms with E-state index in [1.54, 1.807) is 36.5 Å². The van der Waals surface area contributed by atoms with Gasteiger partial charge in [-0.2, -0.15) is 5.10 Å². The van der Waals surface area contributed by atoms with Crippen molar-refractivity contribution in [3.05, 3.63) is 93.7 Å². The van der Waals surface area contributed by atoms with Crippen molar-refractivity contribution >= 4 is 35.1 Å². The van der Waals surface area contributed by atoms with Crippen LogP contribution in [0, 0.1) is 5.82 Å². The van der Waals surface area contributed by atoms with Gasteiger partial charge in [-0.3, -0.25) is 5.43 Å². The molecule has 0 fully saturated rings. The number of hydrogen-bond acceptors (Lipinski definition) is 3. The van der Waals surface area contributed by atoms with Crippen LogP contribution in [0.3, 0.4) is 0 Å². The summed E-state index contributed by atoms with van der Waals surface area (Å²) in [6.45, 7) is 0.363. The highest BCUT2D eigenvalue weighted by atomic mass is 35.5. The van der Waals surface area contributed by atoms with Crippen LogP contribution in [0.2, 0.25) is 10.0 Å². The molecular formula is C20H15Cl2FN2O. The topological polar surface area (TPSA) is 33.6 Å². The summed E-state index contributed by atoms with van der Waals surface area (Å²) < 4.78 is 18.6. The smallest absolute Gasteiger partial charge is 0.123 e. The predicted molar refractivity (Wildman–Crippen MR) is 105 cm³/mol. The van der Waals surface area contributed by atoms with Gasteiger partial charge in [-0.1, -0.05) is 47.5 Å². The highest BCUT2D eigenvalue weighted by Crippen LogP contribution is 2.25. The quantitative estimate of drug-likeness (QED) is 0.405. The van der Waals surface area contributed by atoms with Crippen molar-refractivity contribution in [1.29, 1.82) is 0 Å². The number of benzene rings is 3. The zero-order chi connectivity index (χ0) is 18.4. The number of nitrogens with zero attached hydrogens (tertiary/aromatic N) is 1. The van der Waals surface area contributed by atoms with Crippen molar-refractivity contribution < 1.29 is 9.13 Å². The summed E-state index contributed by atoms with van der Waals surface area (Å²) >= 11 is 11.8. The van der Waals surface area contributed by atoms with Gasteiger partial charge >= 0.3 is 0 Å². The first-order valence-electron chi connectivity index (χ1n) is 7.81. The third kappa shape index (κ3) is 5.22. The summed E-state index contributed by atoms with van der Waals surface area (Å²) in [4.78, 5) is 0. The molecule has 0 aliphatic heterocycles. The Kier molecular flexibility index (Phi) is 6.10. The van der Waals surface area contributed by atoms with Crippen LogP contribution in [0.5, 0.6) is 5.75 Å². The highest BCUT2D eigenvalue weighted by Gasteiger charge is 1.99. The second kappa shape index (κ2) is 8.70. The van der Waals surface area contributed by atoms with Gasteiger partial charge in [-0.15, -0.1) is 0 Å². The molecule has 3 aromatic carbocycles. The maximum absolute atomic E-state index is 12.9. The summed E-state index contributed by atoms with van der Waals surface area (Å²) in [5.41, 5.74) is 5.39. The molecule has 132 valence electrons. The minimum atomic E-state index is -0.263. The Morgan fingerprint density at radius 1 is 0.962 bits per heavy atom. The minimum Gasteiger partial charge on any atom is -0.489 e. The summed E-state index contributed by atoms with van der Waals surface area (Å²) in [7, 11) is 0. The Bertz CT molecular complexity index is 914. The van der Waals surface area contributed by atoms with Gasteiger partial charge in [-0.05, 0) is 53.6 Å². The average Bonchev–Trinajstić information content (AvgIpc) is 2.65. The molecule has 0 aliphatic carbocycles. The molecule has 0 saturated carbocycles. The number of nitrogens with one attached hydrogen (secondary N) is 1. The fraction of sp³-hybridized carbons (Fsp3) is 0.0500. The van der Waals surface area contributed by atoms with Crippen LogP contribution in [-0.2, 0) is 6.61 Å². The molecule has 0 radical (unpaired) electrons. The number of rotatable bonds is 6. The largest absolute Gasteiger partial charge is 0.489 e. The number of ether oxygens (including phenoxy) is 1. The van der Waals surface area contributed by atoms with E-state index in [4.69, 9.17) is 27.9 Å². The molecule has 1 N–H and O–H groups in total. The highest BCUT2D eigenvalue weighted by molar-refractivity contribution is 6.42. The van der Waals surface area contributed by atoms with Crippen molar-refractivity contribution in [2.75, 3.05) is 5.43 Å². The van der Waals surface area contributed by atoms with Gasteiger partial charge in [-0.25, -0.2) is 4.39 Å². The van der Waals surface area contributed by atoms with E-state index in [9.17, 15) is 4.39 Å². The Balaban J connectivity index is 1.59. The SMILES string of the molecule is Fc1ccc(COc2cccc(C=NNc3ccc(Cl)c(Cl)c3)c2)cc1. The van der Waals surface area contributed by atoms with Crippen molar-refractivity contribution in [2.24, 2.45) is 5.10 Å². The molecular weight excluding hydrogens is 374 g/mol. The van der Waals surface area contributed by atoms with Gasteiger partial charge in [0, 0.05) is 0 Å². The fourth-order valence-corrected chi connectivity index (χ4v) is 2.48. The summed E-state index contributed by atoms with van der Waals surface area (Å²) in [5.74, 6) is 0.439. The van der Waals surface area contributed by atoms with Gasteiger partial charge in [0.1, 0.15) is 18.2 Å². The van der Waals surface area contributed by atoms with E-state index in [2.05, 4.69) is 10.5 Å². The number of hydrogen-bond donors (Lipinski definition) is 1. The molecule has 0 aliphatic rings. The Hall–Kier alpha value is -2.56. The van der Waals surface area contributed by atoms with E-state index in [0.717, 1.165) is 16.8 Å². The molecule has 3 aromatic rings. The molecule has 26 heavy (non-hydrogen) atoms. The zero-order valence-corrected chi connectivity index (χ0v) is 15.1. The van der Waals surface area contributed by atoms with Crippen LogP contribution in [0.1, 0.15) is 11.1 Å². The van der Waals surface area contributed by atoms with E-state index in [1.165, 1.54) is 12.1 Å². The first kappa shape index (κ1) is 18.2. The Morgan fingerprint density at radius 3 is 2.54 bits per heavy atom. The van der Waals surface area contributed by atoms with Crippen LogP contribution in [0.15, 0.2) is 71.8 Å². The molecule has 3 nitrogen and oxygen atoms in total. The third-order valence-electron chi connectivity index (χ3n) is 3.50. The van der Waals surface area contributed by atoms with Crippen molar-refractivity contribution in [2.45, 2.75) is 6.61 Å². The lowest BCUT2D eigenvalue weighted by molar-refractivity contribution is 0.306. The van der Waals surface area contributed by atoms with Crippen LogP contribution in [-0.4, -0.2) is 6.21 Å². The fourth-order valence-electron chi connectivity index (χ4n) is 2.18. The summed E-state index contributed by atoms with van der Waals surface area (Å²) in [6.07, 6.45) is 1.67. The van der Waals surface area contributed by atoms with E-state index in [-0.39, 0.29) is 5.82 Å². The van der Waals surface area contributed by atoms with Gasteiger partial charge in [0.25, 0.3) is 0 Å². The van der Waals surface area contributed by atoms with E-state index < -0.39 is 0 Å². The van der Waals surface area contributed by atoms with E-state index in [1.807, 2.05) is 24.3 Å². The normalized spacial score (nSPS) is 10.9. The Morgan fingerprint density at radius 2 is 1.77 bits per heavy atom.